The van der Waals surface area contributed by atoms with Crippen LogP contribution in [0.2, 0.25) is 0 Å². The van der Waals surface area contributed by atoms with Gasteiger partial charge in [0.25, 0.3) is 6.71 Å². The van der Waals surface area contributed by atoms with Crippen LogP contribution in [0.3, 0.4) is 0 Å². The minimum atomic E-state index is -3.31. The third kappa shape index (κ3) is 3.66. The van der Waals surface area contributed by atoms with Gasteiger partial charge in [0, 0.05) is 28.5 Å². The summed E-state index contributed by atoms with van der Waals surface area (Å²) in [6.07, 6.45) is 0. The van der Waals surface area contributed by atoms with E-state index in [0.717, 1.165) is 0 Å². The molecular weight excluding hydrogens is 483 g/mol. The van der Waals surface area contributed by atoms with E-state index < -0.39 is 111 Å². The molecule has 0 heterocycles. The van der Waals surface area contributed by atoms with Crippen LogP contribution in [0.25, 0.3) is 0 Å². The lowest BCUT2D eigenvalue weighted by Crippen LogP contribution is -2.60. The maximum atomic E-state index is 14.9. The maximum Gasteiger partial charge on any atom is 0.264 e. The van der Waals surface area contributed by atoms with E-state index >= 15 is 0 Å². The average molecular weight is 488 g/mol. The highest BCUT2D eigenvalue weighted by atomic mass is 19.2. The van der Waals surface area contributed by atoms with Gasteiger partial charge in [-0.25, -0.2) is 48.3 Å². The topological polar surface area (TPSA) is 9.23 Å². The summed E-state index contributed by atoms with van der Waals surface area (Å²) in [5, 5.41) is 0. The maximum absolute atomic E-state index is 14.9. The van der Waals surface area contributed by atoms with Gasteiger partial charge in [0.15, 0.2) is 58.1 Å². The molecule has 3 aromatic rings. The van der Waals surface area contributed by atoms with Crippen molar-refractivity contribution in [2.45, 2.75) is 0 Å². The quantitative estimate of drug-likeness (QED) is 0.235. The lowest BCUT2D eigenvalue weighted by molar-refractivity contribution is 0.338. The van der Waals surface area contributed by atoms with Crippen molar-refractivity contribution in [3.05, 3.63) is 81.9 Å². The monoisotopic (exact) mass is 488 g/mol. The summed E-state index contributed by atoms with van der Waals surface area (Å²) in [5.74, 6) is -30.6. The first-order valence-corrected chi connectivity index (χ1v) is 8.40. The molecular formula is C19H5BF12O. The van der Waals surface area contributed by atoms with E-state index in [1.54, 1.807) is 0 Å². The second-order valence-electron chi connectivity index (χ2n) is 6.40. The summed E-state index contributed by atoms with van der Waals surface area (Å²) in [5.41, 5.74) is -6.16. The van der Waals surface area contributed by atoms with Gasteiger partial charge in [0.2, 0.25) is 5.82 Å². The van der Waals surface area contributed by atoms with Gasteiger partial charge in [-0.2, -0.15) is 4.39 Å². The molecule has 33 heavy (non-hydrogen) atoms. The third-order valence-electron chi connectivity index (χ3n) is 4.63. The van der Waals surface area contributed by atoms with E-state index in [0.29, 0.717) is 7.11 Å². The first-order chi connectivity index (χ1) is 15.3. The largest absolute Gasteiger partial charge is 0.491 e. The molecule has 0 aliphatic heterocycles. The van der Waals surface area contributed by atoms with Crippen molar-refractivity contribution in [2.24, 2.45) is 0 Å². The number of hydrogen-bond acceptors (Lipinski definition) is 1. The van der Waals surface area contributed by atoms with Gasteiger partial charge in [0.1, 0.15) is 11.6 Å². The fraction of sp³-hybridized carbons (Fsp3) is 0.0526. The molecule has 0 N–H and O–H groups in total. The predicted molar refractivity (Wildman–Crippen MR) is 90.0 cm³/mol. The number of benzene rings is 3. The fourth-order valence-electron chi connectivity index (χ4n) is 3.18. The van der Waals surface area contributed by atoms with Crippen molar-refractivity contribution in [3.63, 3.8) is 0 Å². The summed E-state index contributed by atoms with van der Waals surface area (Å²) in [6.45, 7) is -3.31. The van der Waals surface area contributed by atoms with Crippen molar-refractivity contribution in [1.29, 1.82) is 0 Å². The van der Waals surface area contributed by atoms with E-state index in [2.05, 4.69) is 4.74 Å². The molecule has 1 nitrogen and oxygen atoms in total. The molecule has 0 aromatic heterocycles. The van der Waals surface area contributed by atoms with Crippen LogP contribution >= 0.6 is 0 Å². The first kappa shape index (κ1) is 24.3. The molecule has 0 aliphatic carbocycles. The molecule has 0 radical (unpaired) electrons. The summed E-state index contributed by atoms with van der Waals surface area (Å²) in [6, 6.07) is -0.799. The minimum absolute atomic E-state index is 0.399. The fourth-order valence-corrected chi connectivity index (χ4v) is 3.18. The lowest BCUT2D eigenvalue weighted by Gasteiger charge is -2.21. The molecule has 3 aromatic carbocycles. The molecule has 0 atom stereocenters. The van der Waals surface area contributed by atoms with E-state index in [4.69, 9.17) is 0 Å². The molecule has 0 amide bonds. The van der Waals surface area contributed by atoms with Crippen LogP contribution in [-0.4, -0.2) is 13.8 Å². The molecule has 174 valence electrons. The van der Waals surface area contributed by atoms with Gasteiger partial charge in [-0.3, -0.25) is 0 Å². The Morgan fingerprint density at radius 3 is 1.24 bits per heavy atom. The number of ether oxygens (including phenoxy) is 1. The van der Waals surface area contributed by atoms with Crippen LogP contribution in [0.1, 0.15) is 0 Å². The van der Waals surface area contributed by atoms with Gasteiger partial charge < -0.3 is 4.74 Å². The van der Waals surface area contributed by atoms with E-state index in [1.165, 1.54) is 0 Å². The number of halogens is 12. The molecule has 14 heteroatoms. The highest BCUT2D eigenvalue weighted by molar-refractivity contribution is 6.95. The standard InChI is InChI=1S/C19H5BF12O/c1-33-19-16(30)10(15(29)17(31)18(19)32)20(8-4(21)2-6(23)11(25)13(8)27)9-5(22)3-7(24)12(26)14(9)28/h2-3H,1H3. The second-order valence-corrected chi connectivity index (χ2v) is 6.40. The van der Waals surface area contributed by atoms with E-state index in [9.17, 15) is 52.7 Å². The number of hydrogen-bond donors (Lipinski definition) is 0. The van der Waals surface area contributed by atoms with Gasteiger partial charge in [0.05, 0.1) is 7.11 Å². The van der Waals surface area contributed by atoms with Gasteiger partial charge >= 0.3 is 0 Å². The van der Waals surface area contributed by atoms with Crippen molar-refractivity contribution >= 4 is 23.1 Å². The zero-order valence-corrected chi connectivity index (χ0v) is 15.7. The summed E-state index contributed by atoms with van der Waals surface area (Å²) in [4.78, 5) is 0. The smallest absolute Gasteiger partial charge is 0.264 e. The Morgan fingerprint density at radius 2 is 0.848 bits per heavy atom. The predicted octanol–water partition coefficient (Wildman–Crippen LogP) is 3.88. The van der Waals surface area contributed by atoms with Crippen LogP contribution < -0.4 is 21.1 Å². The highest BCUT2D eigenvalue weighted by Crippen LogP contribution is 2.26. The number of methoxy groups -OCH3 is 1. The molecule has 3 rings (SSSR count). The normalized spacial score (nSPS) is 11.2. The van der Waals surface area contributed by atoms with Crippen LogP contribution in [-0.2, 0) is 0 Å². The van der Waals surface area contributed by atoms with Gasteiger partial charge in [-0.1, -0.05) is 0 Å². The Balaban J connectivity index is 2.61. The molecule has 0 fully saturated rings. The summed E-state index contributed by atoms with van der Waals surface area (Å²) < 4.78 is 174. The Morgan fingerprint density at radius 1 is 0.455 bits per heavy atom. The average Bonchev–Trinajstić information content (AvgIpc) is 2.74. The van der Waals surface area contributed by atoms with Gasteiger partial charge in [-0.05, 0) is 0 Å². The molecule has 0 spiro atoms. The third-order valence-corrected chi connectivity index (χ3v) is 4.63. The molecule has 0 saturated heterocycles. The molecule has 0 unspecified atom stereocenters. The molecule has 0 aliphatic rings. The Labute approximate surface area is 176 Å². The zero-order chi connectivity index (χ0) is 24.9. The lowest BCUT2D eigenvalue weighted by atomic mass is 9.36. The summed E-state index contributed by atoms with van der Waals surface area (Å²) in [7, 11) is 0.523. The van der Waals surface area contributed by atoms with Crippen LogP contribution in [0.5, 0.6) is 5.75 Å². The zero-order valence-electron chi connectivity index (χ0n) is 15.7. The van der Waals surface area contributed by atoms with Crippen molar-refractivity contribution in [2.75, 3.05) is 7.11 Å². The second kappa shape index (κ2) is 8.56. The SMILES string of the molecule is COc1c(F)c(F)c(F)c(B(c2c(F)cc(F)c(F)c2F)c2c(F)cc(F)c(F)c2F)c1F. The van der Waals surface area contributed by atoms with Crippen molar-refractivity contribution in [3.8, 4) is 5.75 Å². The van der Waals surface area contributed by atoms with Crippen molar-refractivity contribution in [1.82, 2.24) is 0 Å². The van der Waals surface area contributed by atoms with Crippen LogP contribution in [0.4, 0.5) is 52.7 Å². The van der Waals surface area contributed by atoms with E-state index in [-0.39, 0.29) is 0 Å². The minimum Gasteiger partial charge on any atom is -0.491 e. The molecule has 0 bridgehead atoms. The Hall–Kier alpha value is -3.32. The van der Waals surface area contributed by atoms with E-state index in [1.807, 2.05) is 0 Å². The van der Waals surface area contributed by atoms with Crippen LogP contribution in [0, 0.1) is 69.8 Å². The number of rotatable bonds is 4. The Kier molecular flexibility index (Phi) is 6.31. The van der Waals surface area contributed by atoms with Gasteiger partial charge in [-0.15, -0.1) is 0 Å². The van der Waals surface area contributed by atoms with Crippen molar-refractivity contribution < 1.29 is 57.4 Å². The first-order valence-electron chi connectivity index (χ1n) is 8.40. The molecule has 0 saturated carbocycles. The highest BCUT2D eigenvalue weighted by Gasteiger charge is 2.43. The summed E-state index contributed by atoms with van der Waals surface area (Å²) >= 11 is 0. The van der Waals surface area contributed by atoms with Crippen LogP contribution in [0.15, 0.2) is 12.1 Å². The Bertz CT molecular complexity index is 1230.